The SMILES string of the molecule is O=[C]c1cccc(C(=O)Cl)c1. The van der Waals surface area contributed by atoms with Crippen LogP contribution in [0, 0.1) is 0 Å². The van der Waals surface area contributed by atoms with E-state index in [-0.39, 0.29) is 0 Å². The maximum Gasteiger partial charge on any atom is 0.252 e. The average Bonchev–Trinajstić information content (AvgIpc) is 2.05. The van der Waals surface area contributed by atoms with E-state index in [1.54, 1.807) is 18.4 Å². The van der Waals surface area contributed by atoms with Gasteiger partial charge in [0.2, 0.25) is 6.29 Å². The zero-order valence-corrected chi connectivity index (χ0v) is 6.26. The smallest absolute Gasteiger partial charge is 0.252 e. The molecule has 0 atom stereocenters. The first-order valence-corrected chi connectivity index (χ1v) is 3.30. The quantitative estimate of drug-likeness (QED) is 0.626. The van der Waals surface area contributed by atoms with Gasteiger partial charge in [-0.3, -0.25) is 9.59 Å². The number of benzene rings is 1. The van der Waals surface area contributed by atoms with E-state index < -0.39 is 5.24 Å². The van der Waals surface area contributed by atoms with Crippen LogP contribution in [0.3, 0.4) is 0 Å². The highest BCUT2D eigenvalue weighted by Gasteiger charge is 2.00. The summed E-state index contributed by atoms with van der Waals surface area (Å²) in [7, 11) is 0. The van der Waals surface area contributed by atoms with Crippen molar-refractivity contribution in [2.75, 3.05) is 0 Å². The molecule has 0 aromatic heterocycles. The van der Waals surface area contributed by atoms with Crippen molar-refractivity contribution in [1.82, 2.24) is 0 Å². The molecule has 0 amide bonds. The molecule has 1 aromatic carbocycles. The first-order chi connectivity index (χ1) is 5.24. The van der Waals surface area contributed by atoms with Gasteiger partial charge in [-0.1, -0.05) is 18.2 Å². The van der Waals surface area contributed by atoms with E-state index in [0.29, 0.717) is 11.1 Å². The highest BCUT2D eigenvalue weighted by atomic mass is 35.5. The highest BCUT2D eigenvalue weighted by molar-refractivity contribution is 6.67. The molecular weight excluding hydrogens is 164 g/mol. The molecule has 0 saturated carbocycles. The molecule has 0 unspecified atom stereocenters. The molecule has 0 aliphatic heterocycles. The van der Waals surface area contributed by atoms with E-state index in [1.165, 1.54) is 12.1 Å². The average molecular weight is 168 g/mol. The van der Waals surface area contributed by atoms with Crippen LogP contribution in [0.5, 0.6) is 0 Å². The lowest BCUT2D eigenvalue weighted by molar-refractivity contribution is 0.108. The summed E-state index contributed by atoms with van der Waals surface area (Å²) in [5.41, 5.74) is 0.643. The van der Waals surface area contributed by atoms with Gasteiger partial charge in [-0.2, -0.15) is 0 Å². The Labute approximate surface area is 68.8 Å². The van der Waals surface area contributed by atoms with Crippen LogP contribution in [0.15, 0.2) is 24.3 Å². The minimum absolute atomic E-state index is 0.313. The van der Waals surface area contributed by atoms with Gasteiger partial charge in [0, 0.05) is 11.1 Å². The van der Waals surface area contributed by atoms with E-state index in [1.807, 2.05) is 0 Å². The molecule has 11 heavy (non-hydrogen) atoms. The van der Waals surface area contributed by atoms with E-state index in [4.69, 9.17) is 11.6 Å². The van der Waals surface area contributed by atoms with Gasteiger partial charge in [0.05, 0.1) is 0 Å². The number of carbonyl (C=O) groups excluding carboxylic acids is 2. The lowest BCUT2D eigenvalue weighted by Gasteiger charge is -1.92. The number of hydrogen-bond donors (Lipinski definition) is 0. The van der Waals surface area contributed by atoms with E-state index in [9.17, 15) is 9.59 Å². The van der Waals surface area contributed by atoms with Crippen molar-refractivity contribution < 1.29 is 9.59 Å². The van der Waals surface area contributed by atoms with Gasteiger partial charge >= 0.3 is 0 Å². The fourth-order valence-electron chi connectivity index (χ4n) is 0.705. The molecule has 1 aromatic rings. The molecule has 0 heterocycles. The minimum Gasteiger partial charge on any atom is -0.285 e. The van der Waals surface area contributed by atoms with Crippen LogP contribution in [0.25, 0.3) is 0 Å². The molecule has 0 N–H and O–H groups in total. The fourth-order valence-corrected chi connectivity index (χ4v) is 0.822. The summed E-state index contributed by atoms with van der Waals surface area (Å²) in [6.07, 6.45) is 1.66. The number of halogens is 1. The van der Waals surface area contributed by atoms with Gasteiger partial charge < -0.3 is 0 Å². The summed E-state index contributed by atoms with van der Waals surface area (Å²) in [6, 6.07) is 6.06. The van der Waals surface area contributed by atoms with Crippen LogP contribution in [0.2, 0.25) is 0 Å². The lowest BCUT2D eigenvalue weighted by atomic mass is 10.1. The van der Waals surface area contributed by atoms with Crippen LogP contribution >= 0.6 is 11.6 Å². The maximum absolute atomic E-state index is 10.5. The third kappa shape index (κ3) is 1.88. The summed E-state index contributed by atoms with van der Waals surface area (Å²) < 4.78 is 0. The van der Waals surface area contributed by atoms with Gasteiger partial charge in [0.1, 0.15) is 0 Å². The lowest BCUT2D eigenvalue weighted by Crippen LogP contribution is -1.89. The molecule has 0 aliphatic carbocycles. The first kappa shape index (κ1) is 7.95. The Balaban J connectivity index is 3.10. The molecule has 55 valence electrons. The number of hydrogen-bond acceptors (Lipinski definition) is 2. The number of rotatable bonds is 2. The van der Waals surface area contributed by atoms with Crippen LogP contribution in [-0.2, 0) is 4.79 Å². The van der Waals surface area contributed by atoms with Crippen molar-refractivity contribution >= 4 is 23.1 Å². The number of carbonyl (C=O) groups is 1. The van der Waals surface area contributed by atoms with Crippen molar-refractivity contribution in [2.45, 2.75) is 0 Å². The molecule has 2 nitrogen and oxygen atoms in total. The summed E-state index contributed by atoms with van der Waals surface area (Å²) in [4.78, 5) is 20.7. The Bertz CT molecular complexity index is 294. The van der Waals surface area contributed by atoms with Crippen LogP contribution < -0.4 is 0 Å². The molecule has 0 spiro atoms. The van der Waals surface area contributed by atoms with Gasteiger partial charge in [-0.05, 0) is 17.7 Å². The summed E-state index contributed by atoms with van der Waals surface area (Å²) >= 11 is 5.16. The topological polar surface area (TPSA) is 34.1 Å². The summed E-state index contributed by atoms with van der Waals surface area (Å²) in [5, 5.41) is -0.568. The van der Waals surface area contributed by atoms with Crippen molar-refractivity contribution in [3.8, 4) is 0 Å². The second kappa shape index (κ2) is 3.30. The third-order valence-corrected chi connectivity index (χ3v) is 1.43. The monoisotopic (exact) mass is 167 g/mol. The van der Waals surface area contributed by atoms with Crippen molar-refractivity contribution in [3.63, 3.8) is 0 Å². The van der Waals surface area contributed by atoms with Crippen molar-refractivity contribution in [2.24, 2.45) is 0 Å². The summed E-state index contributed by atoms with van der Waals surface area (Å²) in [5.74, 6) is 0. The van der Waals surface area contributed by atoms with Gasteiger partial charge in [0.25, 0.3) is 5.24 Å². The maximum atomic E-state index is 10.5. The Hall–Kier alpha value is -1.15. The first-order valence-electron chi connectivity index (χ1n) is 2.92. The molecule has 0 aliphatic rings. The second-order valence-corrected chi connectivity index (χ2v) is 2.30. The zero-order chi connectivity index (χ0) is 8.27. The molecule has 1 rings (SSSR count). The predicted octanol–water partition coefficient (Wildman–Crippen LogP) is 1.52. The largest absolute Gasteiger partial charge is 0.285 e. The molecule has 1 radical (unpaired) electrons. The predicted molar refractivity (Wildman–Crippen MR) is 41.4 cm³/mol. The van der Waals surface area contributed by atoms with E-state index in [2.05, 4.69) is 0 Å². The fraction of sp³-hybridized carbons (Fsp3) is 0. The Kier molecular flexibility index (Phi) is 2.39. The molecule has 0 fully saturated rings. The third-order valence-electron chi connectivity index (χ3n) is 1.21. The second-order valence-electron chi connectivity index (χ2n) is 1.96. The van der Waals surface area contributed by atoms with Crippen LogP contribution in [0.1, 0.15) is 15.9 Å². The van der Waals surface area contributed by atoms with Gasteiger partial charge in [0.15, 0.2) is 0 Å². The van der Waals surface area contributed by atoms with E-state index in [0.717, 1.165) is 0 Å². The van der Waals surface area contributed by atoms with E-state index >= 15 is 0 Å². The Morgan fingerprint density at radius 1 is 1.45 bits per heavy atom. The van der Waals surface area contributed by atoms with Gasteiger partial charge in [-0.25, -0.2) is 0 Å². The highest BCUT2D eigenvalue weighted by Crippen LogP contribution is 2.05. The minimum atomic E-state index is -0.568. The Morgan fingerprint density at radius 2 is 2.18 bits per heavy atom. The normalized spacial score (nSPS) is 9.18. The van der Waals surface area contributed by atoms with Crippen LogP contribution in [-0.4, -0.2) is 11.5 Å². The molecular formula is C8H4ClO2. The zero-order valence-electron chi connectivity index (χ0n) is 5.50. The summed E-state index contributed by atoms with van der Waals surface area (Å²) in [6.45, 7) is 0. The molecule has 0 bridgehead atoms. The van der Waals surface area contributed by atoms with Crippen molar-refractivity contribution in [3.05, 3.63) is 35.4 Å². The molecule has 0 saturated heterocycles. The standard InChI is InChI=1S/C8H4ClO2/c9-8(11)7-3-1-2-6(4-7)5-10/h1-4H. The Morgan fingerprint density at radius 3 is 2.73 bits per heavy atom. The van der Waals surface area contributed by atoms with Gasteiger partial charge in [-0.15, -0.1) is 0 Å². The van der Waals surface area contributed by atoms with Crippen molar-refractivity contribution in [1.29, 1.82) is 0 Å². The molecule has 3 heteroatoms. The van der Waals surface area contributed by atoms with Crippen LogP contribution in [0.4, 0.5) is 0 Å².